The molecule has 3 N–H and O–H groups in total. The highest BCUT2D eigenvalue weighted by Gasteiger charge is 2.50. The smallest absolute Gasteiger partial charge is 0.259 e. The molecule has 2 aliphatic heterocycles. The zero-order valence-corrected chi connectivity index (χ0v) is 20.8. The van der Waals surface area contributed by atoms with E-state index in [4.69, 9.17) is 0 Å². The normalized spacial score (nSPS) is 39.8. The van der Waals surface area contributed by atoms with Gasteiger partial charge in [-0.05, 0) is 73.7 Å². The second-order valence-electron chi connectivity index (χ2n) is 10.5. The first-order valence-corrected chi connectivity index (χ1v) is 13.1. The Morgan fingerprint density at radius 1 is 1.06 bits per heavy atom. The molecule has 35 heavy (non-hydrogen) atoms. The summed E-state index contributed by atoms with van der Waals surface area (Å²) in [6.07, 6.45) is 20.4. The molecule has 0 aromatic heterocycles. The number of hydrogen-bond donors (Lipinski definition) is 3. The number of ketones is 1. The molecular formula is C29H38N2O4. The summed E-state index contributed by atoms with van der Waals surface area (Å²) in [5.74, 6) is 2.55. The number of fused-ring (bicyclic) bond motifs is 5. The van der Waals surface area contributed by atoms with Crippen LogP contribution < -0.4 is 10.6 Å². The average Bonchev–Trinajstić information content (AvgIpc) is 3.43. The highest BCUT2D eigenvalue weighted by atomic mass is 16.3. The van der Waals surface area contributed by atoms with Gasteiger partial charge in [0.1, 0.15) is 11.3 Å². The van der Waals surface area contributed by atoms with Crippen LogP contribution in [0.25, 0.3) is 0 Å². The molecule has 1 saturated heterocycles. The van der Waals surface area contributed by atoms with E-state index in [-0.39, 0.29) is 17.2 Å². The van der Waals surface area contributed by atoms with E-state index in [2.05, 4.69) is 36.6 Å². The summed E-state index contributed by atoms with van der Waals surface area (Å²) >= 11 is 0. The quantitative estimate of drug-likeness (QED) is 0.489. The van der Waals surface area contributed by atoms with Gasteiger partial charge in [-0.15, -0.1) is 0 Å². The number of aliphatic hydroxyl groups excluding tert-OH is 1. The standard InChI is InChI=1S/C29H38N2O4/c1-3-19-16-21-17-20-10-7-8-14-25(33)30-15-9-12-23-28(34)27(29(35)31-23)24(32)13-6-4-5-11-22(20)26(21)18(19)2/h4-8,10,13-14,18-23,26,32H,3,9,11-12,15-17H2,1-2H3,(H,30,33)(H,31,35)/b5-4+,10-7+,13-6+,14-8+,27-24?/t18-,19+,20-,21+,22+,23+,26+/m1/s1. The maximum Gasteiger partial charge on any atom is 0.259 e. The van der Waals surface area contributed by atoms with Crippen LogP contribution in [0.4, 0.5) is 0 Å². The Bertz CT molecular complexity index is 989. The van der Waals surface area contributed by atoms with Crippen molar-refractivity contribution in [2.45, 2.75) is 58.4 Å². The van der Waals surface area contributed by atoms with E-state index in [1.54, 1.807) is 12.2 Å². The van der Waals surface area contributed by atoms with Crippen molar-refractivity contribution in [3.05, 3.63) is 59.9 Å². The molecule has 2 saturated carbocycles. The minimum absolute atomic E-state index is 0.170. The van der Waals surface area contributed by atoms with Crippen LogP contribution in [-0.2, 0) is 14.4 Å². The number of carbonyl (C=O) groups is 3. The van der Waals surface area contributed by atoms with Crippen LogP contribution in [-0.4, -0.2) is 35.3 Å². The van der Waals surface area contributed by atoms with E-state index in [1.807, 2.05) is 18.2 Å². The zero-order valence-electron chi connectivity index (χ0n) is 20.8. The number of allylic oxidation sites excluding steroid dienone is 7. The largest absolute Gasteiger partial charge is 0.507 e. The van der Waals surface area contributed by atoms with Crippen LogP contribution in [0.1, 0.15) is 52.4 Å². The Morgan fingerprint density at radius 2 is 1.86 bits per heavy atom. The fraction of sp³-hybridized carbons (Fsp3) is 0.552. The predicted octanol–water partition coefficient (Wildman–Crippen LogP) is 4.33. The van der Waals surface area contributed by atoms with Crippen molar-refractivity contribution in [2.24, 2.45) is 35.5 Å². The highest BCUT2D eigenvalue weighted by molar-refractivity contribution is 6.27. The second-order valence-corrected chi connectivity index (χ2v) is 10.5. The number of nitrogens with one attached hydrogen (secondary N) is 2. The lowest BCUT2D eigenvalue weighted by Gasteiger charge is -2.27. The number of amides is 2. The summed E-state index contributed by atoms with van der Waals surface area (Å²) in [5.41, 5.74) is -0.185. The number of Topliss-reactive ketones (excluding diaryl/α,β-unsaturated/α-hetero) is 1. The van der Waals surface area contributed by atoms with E-state index in [9.17, 15) is 19.5 Å². The van der Waals surface area contributed by atoms with Crippen LogP contribution >= 0.6 is 0 Å². The van der Waals surface area contributed by atoms with Gasteiger partial charge in [0.2, 0.25) is 5.91 Å². The van der Waals surface area contributed by atoms with Crippen molar-refractivity contribution in [3.8, 4) is 0 Å². The Hall–Kier alpha value is -2.89. The summed E-state index contributed by atoms with van der Waals surface area (Å²) in [4.78, 5) is 37.0. The molecule has 0 aromatic carbocycles. The molecule has 4 rings (SSSR count). The lowest BCUT2D eigenvalue weighted by molar-refractivity contribution is -0.118. The van der Waals surface area contributed by atoms with Crippen molar-refractivity contribution in [3.63, 3.8) is 0 Å². The number of aliphatic hydroxyl groups is 1. The van der Waals surface area contributed by atoms with Gasteiger partial charge in [0.15, 0.2) is 5.78 Å². The minimum atomic E-state index is -0.669. The van der Waals surface area contributed by atoms with Gasteiger partial charge >= 0.3 is 0 Å². The molecule has 6 heteroatoms. The van der Waals surface area contributed by atoms with Gasteiger partial charge in [-0.2, -0.15) is 0 Å². The van der Waals surface area contributed by atoms with Gasteiger partial charge in [0, 0.05) is 12.6 Å². The lowest BCUT2D eigenvalue weighted by Crippen LogP contribution is -2.30. The molecular weight excluding hydrogens is 440 g/mol. The molecule has 3 fully saturated rings. The summed E-state index contributed by atoms with van der Waals surface area (Å²) in [7, 11) is 0. The second kappa shape index (κ2) is 11.2. The molecule has 2 heterocycles. The molecule has 2 bridgehead atoms. The Morgan fingerprint density at radius 3 is 2.66 bits per heavy atom. The maximum atomic E-state index is 12.6. The van der Waals surface area contributed by atoms with Crippen LogP contribution in [0.3, 0.4) is 0 Å². The predicted molar refractivity (Wildman–Crippen MR) is 136 cm³/mol. The third-order valence-electron chi connectivity index (χ3n) is 8.59. The molecule has 6 nitrogen and oxygen atoms in total. The molecule has 0 aromatic rings. The van der Waals surface area contributed by atoms with Gasteiger partial charge in [-0.3, -0.25) is 14.4 Å². The van der Waals surface area contributed by atoms with Gasteiger partial charge < -0.3 is 15.7 Å². The topological polar surface area (TPSA) is 95.5 Å². The van der Waals surface area contributed by atoms with E-state index >= 15 is 0 Å². The molecule has 0 spiro atoms. The van der Waals surface area contributed by atoms with Crippen molar-refractivity contribution in [2.75, 3.05) is 6.54 Å². The highest BCUT2D eigenvalue weighted by Crippen LogP contribution is 2.57. The summed E-state index contributed by atoms with van der Waals surface area (Å²) < 4.78 is 0. The minimum Gasteiger partial charge on any atom is -0.507 e. The van der Waals surface area contributed by atoms with E-state index in [1.165, 1.54) is 25.3 Å². The first kappa shape index (κ1) is 25.2. The van der Waals surface area contributed by atoms with Crippen molar-refractivity contribution in [1.82, 2.24) is 10.6 Å². The van der Waals surface area contributed by atoms with Crippen LogP contribution in [0.2, 0.25) is 0 Å². The maximum absolute atomic E-state index is 12.6. The third kappa shape index (κ3) is 5.52. The van der Waals surface area contributed by atoms with Gasteiger partial charge in [-0.25, -0.2) is 0 Å². The van der Waals surface area contributed by atoms with Crippen molar-refractivity contribution >= 4 is 17.6 Å². The summed E-state index contributed by atoms with van der Waals surface area (Å²) in [6, 6.07) is -0.669. The van der Waals surface area contributed by atoms with E-state index < -0.39 is 17.7 Å². The van der Waals surface area contributed by atoms with Gasteiger partial charge in [0.25, 0.3) is 5.91 Å². The first-order chi connectivity index (χ1) is 16.9. The van der Waals surface area contributed by atoms with Crippen LogP contribution in [0.15, 0.2) is 59.9 Å². The fourth-order valence-corrected chi connectivity index (χ4v) is 6.90. The molecule has 2 amide bonds. The number of carbonyl (C=O) groups excluding carboxylic acids is 3. The van der Waals surface area contributed by atoms with Crippen molar-refractivity contribution in [1.29, 1.82) is 0 Å². The van der Waals surface area contributed by atoms with E-state index in [0.29, 0.717) is 43.1 Å². The summed E-state index contributed by atoms with van der Waals surface area (Å²) in [6.45, 7) is 5.12. The van der Waals surface area contributed by atoms with Crippen LogP contribution in [0.5, 0.6) is 0 Å². The van der Waals surface area contributed by atoms with Crippen molar-refractivity contribution < 1.29 is 19.5 Å². The average molecular weight is 479 g/mol. The monoisotopic (exact) mass is 478 g/mol. The van der Waals surface area contributed by atoms with E-state index in [0.717, 1.165) is 18.3 Å². The third-order valence-corrected chi connectivity index (χ3v) is 8.59. The molecule has 188 valence electrons. The van der Waals surface area contributed by atoms with Crippen LogP contribution in [0, 0.1) is 35.5 Å². The number of hydrogen-bond acceptors (Lipinski definition) is 4. The molecule has 0 unspecified atom stereocenters. The lowest BCUT2D eigenvalue weighted by atomic mass is 9.78. The fourth-order valence-electron chi connectivity index (χ4n) is 6.90. The zero-order chi connectivity index (χ0) is 24.9. The summed E-state index contributed by atoms with van der Waals surface area (Å²) in [5, 5.41) is 15.9. The van der Waals surface area contributed by atoms with Gasteiger partial charge in [-0.1, -0.05) is 56.7 Å². The Balaban J connectivity index is 1.56. The molecule has 0 radical (unpaired) electrons. The SMILES string of the molecule is CC[C@H]1C[C@H]2C[C@H]3/C=C/C=C/C(=O)NCCC[C@@H]4NC(=O)C(=C(O)/C=C/C=C/C[C@@H]3[C@H]2[C@@H]1C)C4=O. The Labute approximate surface area is 208 Å². The molecule has 2 aliphatic carbocycles. The number of rotatable bonds is 1. The first-order valence-electron chi connectivity index (χ1n) is 13.1. The molecule has 4 aliphatic rings. The Kier molecular flexibility index (Phi) is 8.09. The van der Waals surface area contributed by atoms with Gasteiger partial charge in [0.05, 0.1) is 6.04 Å². The molecule has 7 atom stereocenters.